The van der Waals surface area contributed by atoms with Crippen molar-refractivity contribution < 1.29 is 43.5 Å². The molecule has 6 aromatic heterocycles. The van der Waals surface area contributed by atoms with Crippen molar-refractivity contribution in [1.29, 1.82) is 0 Å². The molecule has 85 heavy (non-hydrogen) atoms. The van der Waals surface area contributed by atoms with Gasteiger partial charge in [-0.15, -0.1) is 68.0 Å². The van der Waals surface area contributed by atoms with E-state index < -0.39 is 18.4 Å². The third-order valence-electron chi connectivity index (χ3n) is 12.6. The molecule has 3 aliphatic rings. The Balaban J connectivity index is 0.00000129. The minimum absolute atomic E-state index is 0.0685. The number of likely N-dealkylation sites (N-methyl/N-ethyl adjacent to an activating group) is 2. The summed E-state index contributed by atoms with van der Waals surface area (Å²) in [4.78, 5) is 103. The number of hydrogen-bond acceptors (Lipinski definition) is 21. The molecule has 12 rings (SSSR count). The molecule has 422 valence electrons. The molecule has 0 spiro atoms. The van der Waals surface area contributed by atoms with Gasteiger partial charge in [0.2, 0.25) is 0 Å². The zero-order chi connectivity index (χ0) is 60.1. The van der Waals surface area contributed by atoms with Gasteiger partial charge in [-0.3, -0.25) is 33.9 Å². The number of carbonyl (C=O) groups excluding carboxylic acids is 7. The van der Waals surface area contributed by atoms with Gasteiger partial charge in [0, 0.05) is 89.7 Å². The topological polar surface area (TPSA) is 170 Å². The number of carboxylic acids is 1. The molecule has 1 N–H and O–H groups in total. The van der Waals surface area contributed by atoms with Crippen molar-refractivity contribution in [2.45, 2.75) is 0 Å². The lowest BCUT2D eigenvalue weighted by atomic mass is 10.1. The van der Waals surface area contributed by atoms with Crippen molar-refractivity contribution in [3.63, 3.8) is 0 Å². The predicted octanol–water partition coefficient (Wildman–Crippen LogP) is 16.3. The maximum Gasteiger partial charge on any atom is 0.373 e. The lowest BCUT2D eigenvalue weighted by molar-refractivity contribution is -0.193. The minimum Gasteiger partial charge on any atom is -0.480 e. The fourth-order valence-corrected chi connectivity index (χ4v) is 18.6. The molecule has 0 unspecified atom stereocenters. The second kappa shape index (κ2) is 27.0. The summed E-state index contributed by atoms with van der Waals surface area (Å²) in [5, 5.41) is 9.24. The first-order chi connectivity index (χ1) is 41.0. The van der Waals surface area contributed by atoms with Gasteiger partial charge in [-0.25, -0.2) is 0 Å². The van der Waals surface area contributed by atoms with E-state index in [1.165, 1.54) is 33.3 Å². The normalized spacial score (nSPS) is 15.4. The fraction of sp³-hybridized carbons (Fsp3) is 0.0500. The quantitative estimate of drug-likeness (QED) is 0.0805. The molecule has 9 aromatic rings. The third-order valence-corrected chi connectivity index (χ3v) is 24.1. The van der Waals surface area contributed by atoms with Crippen LogP contribution in [-0.2, 0) is 38.4 Å². The molecular weight excluding hydrogens is 1310 g/mol. The van der Waals surface area contributed by atoms with E-state index in [0.29, 0.717) is 23.4 Å². The number of nitrogens with zero attached hydrogens (tertiary/aromatic N) is 4. The number of rotatable bonds is 14. The monoisotopic (exact) mass is 1340 g/mol. The summed E-state index contributed by atoms with van der Waals surface area (Å²) in [6.45, 7) is -0.456. The highest BCUT2D eigenvalue weighted by atomic mass is 32.2. The Morgan fingerprint density at radius 1 is 0.424 bits per heavy atom. The van der Waals surface area contributed by atoms with Crippen LogP contribution in [0.3, 0.4) is 0 Å². The van der Waals surface area contributed by atoms with Gasteiger partial charge in [0.05, 0.1) is 14.7 Å². The van der Waals surface area contributed by atoms with Crippen LogP contribution in [0.25, 0.3) is 78.8 Å². The zero-order valence-corrected chi connectivity index (χ0v) is 53.5. The van der Waals surface area contributed by atoms with Crippen molar-refractivity contribution in [1.82, 2.24) is 14.7 Å². The second-order valence-corrected chi connectivity index (χ2v) is 29.5. The van der Waals surface area contributed by atoms with E-state index in [1.54, 1.807) is 88.2 Å². The molecule has 0 bridgehead atoms. The van der Waals surface area contributed by atoms with Gasteiger partial charge in [0.15, 0.2) is 0 Å². The number of carboxylic acid groups (broad SMARTS) is 1. The van der Waals surface area contributed by atoms with E-state index in [-0.39, 0.29) is 28.4 Å². The molecule has 9 heterocycles. The third kappa shape index (κ3) is 13.8. The molecule has 3 fully saturated rings. The van der Waals surface area contributed by atoms with Gasteiger partial charge in [-0.1, -0.05) is 108 Å². The van der Waals surface area contributed by atoms with Crippen molar-refractivity contribution >= 4 is 224 Å². The highest BCUT2D eigenvalue weighted by molar-refractivity contribution is 8.27. The first kappa shape index (κ1) is 60.9. The Labute approximate surface area is 538 Å². The van der Waals surface area contributed by atoms with Crippen molar-refractivity contribution in [2.75, 3.05) is 25.5 Å². The molecule has 0 aliphatic carbocycles. The molecular formula is C60H36N4O9S12. The largest absolute Gasteiger partial charge is 0.480 e. The van der Waals surface area contributed by atoms with Gasteiger partial charge in [-0.2, -0.15) is 19.2 Å². The summed E-state index contributed by atoms with van der Waals surface area (Å²) in [7, 11) is 3.42. The van der Waals surface area contributed by atoms with E-state index >= 15 is 0 Å². The van der Waals surface area contributed by atoms with Gasteiger partial charge < -0.3 is 10.0 Å². The van der Waals surface area contributed by atoms with Gasteiger partial charge >= 0.3 is 18.3 Å². The molecule has 3 saturated heterocycles. The molecule has 0 radical (unpaired) electrons. The molecule has 3 aromatic carbocycles. The van der Waals surface area contributed by atoms with Gasteiger partial charge in [-0.05, 0) is 144 Å². The number of benzene rings is 3. The second-order valence-electron chi connectivity index (χ2n) is 17.9. The first-order valence-corrected chi connectivity index (χ1v) is 33.2. The standard InChI is InChI=1S/C58H36N4O5S12.2CO2/c1-59-53(65)49(77-56(59)68)27-37-15-18-43(71-37)46-24-21-40(74-46)31-3-9-34(10-4-31)62(35-11-5-32(6-12-35)41-22-25-47(75-41)44-19-16-38(72-44)28-50-54(66)60(2)57(69)78-50)36-13-7-33(8-14-36)42-23-26-48(76-42)45-20-17-39(73-45)29-51-55(67)61(30-52(63)64)58(70)79-51;2*2-1-3/h3-29H,30H2,1-2H3,(H,63,64);;/b49-27-,50-28+,51-29+;;. The number of aliphatic carboxylic acids is 1. The summed E-state index contributed by atoms with van der Waals surface area (Å²) in [5.74, 6) is -1.64. The Morgan fingerprint density at radius 3 is 0.988 bits per heavy atom. The average molecular weight is 1340 g/mol. The lowest BCUT2D eigenvalue weighted by Crippen LogP contribution is -2.33. The highest BCUT2D eigenvalue weighted by Gasteiger charge is 2.34. The van der Waals surface area contributed by atoms with Crippen LogP contribution in [0.15, 0.2) is 160 Å². The number of thioether (sulfide) groups is 3. The van der Waals surface area contributed by atoms with Crippen LogP contribution in [0.4, 0.5) is 17.1 Å². The Hall–Kier alpha value is -7.16. The van der Waals surface area contributed by atoms with Crippen molar-refractivity contribution in [3.05, 3.63) is 175 Å². The summed E-state index contributed by atoms with van der Waals surface area (Å²) >= 11 is 29.8. The number of thiophene rings is 6. The average Bonchev–Trinajstić information content (AvgIpc) is 3.94. The molecule has 25 heteroatoms. The number of thiocarbonyl (C=S) groups is 3. The first-order valence-electron chi connectivity index (χ1n) is 24.6. The Bertz CT molecular complexity index is 4120. The van der Waals surface area contributed by atoms with Crippen LogP contribution < -0.4 is 4.90 Å². The zero-order valence-electron chi connectivity index (χ0n) is 43.7. The predicted molar refractivity (Wildman–Crippen MR) is 360 cm³/mol. The molecule has 3 amide bonds. The molecule has 13 nitrogen and oxygen atoms in total. The van der Waals surface area contributed by atoms with Crippen molar-refractivity contribution in [3.8, 4) is 60.6 Å². The van der Waals surface area contributed by atoms with E-state index in [9.17, 15) is 24.3 Å². The van der Waals surface area contributed by atoms with Gasteiger partial charge in [0.1, 0.15) is 19.5 Å². The lowest BCUT2D eigenvalue weighted by Gasteiger charge is -2.26. The van der Waals surface area contributed by atoms with Crippen LogP contribution in [0, 0.1) is 0 Å². The summed E-state index contributed by atoms with van der Waals surface area (Å²) in [5.41, 5.74) is 6.32. The van der Waals surface area contributed by atoms with Crippen LogP contribution in [0.2, 0.25) is 0 Å². The Morgan fingerprint density at radius 2 is 0.694 bits per heavy atom. The number of hydrogen-bond donors (Lipinski definition) is 1. The number of anilines is 3. The summed E-state index contributed by atoms with van der Waals surface area (Å²) in [6, 6.07) is 51.3. The van der Waals surface area contributed by atoms with E-state index in [4.69, 9.17) is 55.8 Å². The van der Waals surface area contributed by atoms with Crippen LogP contribution in [-0.4, -0.2) is 89.4 Å². The number of carbonyl (C=O) groups is 4. The number of amides is 3. The maximum absolute atomic E-state index is 12.9. The van der Waals surface area contributed by atoms with E-state index in [0.717, 1.165) is 109 Å². The summed E-state index contributed by atoms with van der Waals surface area (Å²) < 4.78 is 1.38. The fourth-order valence-electron chi connectivity index (χ4n) is 8.59. The summed E-state index contributed by atoms with van der Waals surface area (Å²) in [6.07, 6.45) is 6.13. The SMILES string of the molecule is CN1C(=O)/C(=C/c2ccc(-c3ccc(-c4ccc(N(c5ccc(-c6ccc(-c7ccc(/C=C8/SC(=S)N(C)C8=O)s7)s6)cc5)c5ccc(-c6ccc(-c7ccc(/C=C8/SC(=S)N(CC(=O)O)C8=O)s7)s6)cc5)cc4)s3)s2)SC1=S.O=C=O.O=C=O. The van der Waals surface area contributed by atoms with Crippen LogP contribution >= 0.6 is 140 Å². The Kier molecular flexibility index (Phi) is 19.4. The molecule has 3 aliphatic heterocycles. The van der Waals surface area contributed by atoms with E-state index in [2.05, 4.69) is 138 Å². The molecule has 0 saturated carbocycles. The van der Waals surface area contributed by atoms with Gasteiger partial charge in [0.25, 0.3) is 17.7 Å². The van der Waals surface area contributed by atoms with Crippen molar-refractivity contribution in [2.24, 2.45) is 0 Å². The minimum atomic E-state index is -1.11. The van der Waals surface area contributed by atoms with E-state index in [1.807, 2.05) is 24.3 Å². The van der Waals surface area contributed by atoms with Crippen LogP contribution in [0.5, 0.6) is 0 Å². The highest BCUT2D eigenvalue weighted by Crippen LogP contribution is 2.46. The smallest absolute Gasteiger partial charge is 0.373 e. The van der Waals surface area contributed by atoms with Crippen LogP contribution in [0.1, 0.15) is 14.6 Å². The molecule has 0 atom stereocenters. The maximum atomic E-state index is 12.9.